The fourth-order valence-corrected chi connectivity index (χ4v) is 4.04. The Morgan fingerprint density at radius 1 is 1.19 bits per heavy atom. The number of aromatic nitrogens is 1. The summed E-state index contributed by atoms with van der Waals surface area (Å²) in [6, 6.07) is 14.4. The van der Waals surface area contributed by atoms with Crippen LogP contribution in [-0.2, 0) is 9.59 Å². The van der Waals surface area contributed by atoms with Gasteiger partial charge in [0.05, 0.1) is 23.1 Å². The summed E-state index contributed by atoms with van der Waals surface area (Å²) in [5, 5.41) is 3.46. The first-order valence-electron chi connectivity index (χ1n) is 8.17. The van der Waals surface area contributed by atoms with Gasteiger partial charge in [0, 0.05) is 6.20 Å². The van der Waals surface area contributed by atoms with E-state index in [-0.39, 0.29) is 11.8 Å². The number of allylic oxidation sites excluding steroid dienone is 1. The molecule has 0 saturated carbocycles. The third-order valence-corrected chi connectivity index (χ3v) is 5.19. The van der Waals surface area contributed by atoms with Crippen LogP contribution >= 0.6 is 11.8 Å². The first-order chi connectivity index (χ1) is 12.6. The Balaban J connectivity index is 1.78. The lowest BCUT2D eigenvalue weighted by molar-refractivity contribution is -0.125. The molecule has 4 rings (SSSR count). The van der Waals surface area contributed by atoms with Crippen molar-refractivity contribution in [1.82, 2.24) is 9.88 Å². The van der Waals surface area contributed by atoms with Gasteiger partial charge in [-0.2, -0.15) is 0 Å². The number of carbonyl (C=O) groups is 2. The van der Waals surface area contributed by atoms with E-state index in [1.807, 2.05) is 30.3 Å². The number of carbonyl (C=O) groups excluding carboxylic acids is 2. The van der Waals surface area contributed by atoms with Gasteiger partial charge in [0.15, 0.2) is 5.17 Å². The van der Waals surface area contributed by atoms with Crippen LogP contribution in [-0.4, -0.2) is 32.6 Å². The number of hydrogen-bond acceptors (Lipinski definition) is 5. The molecule has 0 radical (unpaired) electrons. The summed E-state index contributed by atoms with van der Waals surface area (Å²) < 4.78 is 0. The smallest absolute Gasteiger partial charge is 0.257 e. The molecule has 6 nitrogen and oxygen atoms in total. The molecule has 1 unspecified atom stereocenters. The van der Waals surface area contributed by atoms with E-state index in [4.69, 9.17) is 0 Å². The van der Waals surface area contributed by atoms with Crippen molar-refractivity contribution in [3.63, 3.8) is 0 Å². The van der Waals surface area contributed by atoms with Gasteiger partial charge in [-0.25, -0.2) is 9.98 Å². The number of fused-ring (bicyclic) bond motifs is 1. The molecule has 2 aliphatic rings. The van der Waals surface area contributed by atoms with Crippen molar-refractivity contribution in [2.45, 2.75) is 13.0 Å². The molecule has 2 aromatic rings. The van der Waals surface area contributed by atoms with Gasteiger partial charge in [0.25, 0.3) is 5.91 Å². The van der Waals surface area contributed by atoms with Crippen molar-refractivity contribution in [1.29, 1.82) is 0 Å². The Labute approximate surface area is 155 Å². The van der Waals surface area contributed by atoms with Gasteiger partial charge in [-0.3, -0.25) is 14.5 Å². The number of thioether (sulfide) groups is 1. The SMILES string of the molecule is CC1=C(C(=O)Nc2ccccn2)C(c2ccccc2)N2C(=O)CSC2=N1. The number of pyridine rings is 1. The number of amides is 2. The van der Waals surface area contributed by atoms with E-state index in [0.717, 1.165) is 5.56 Å². The average molecular weight is 364 g/mol. The Bertz CT molecular complexity index is 925. The highest BCUT2D eigenvalue weighted by Crippen LogP contribution is 2.40. The van der Waals surface area contributed by atoms with E-state index >= 15 is 0 Å². The standard InChI is InChI=1S/C19H16N4O2S/c1-12-16(18(25)22-14-9-5-6-10-20-14)17(13-7-3-2-4-8-13)23-15(24)11-26-19(23)21-12/h2-10,17H,11H2,1H3,(H,20,22,25). The molecular formula is C19H16N4O2S. The van der Waals surface area contributed by atoms with Crippen LogP contribution in [0, 0.1) is 0 Å². The second kappa shape index (κ2) is 6.76. The van der Waals surface area contributed by atoms with E-state index in [0.29, 0.717) is 28.0 Å². The van der Waals surface area contributed by atoms with Crippen LogP contribution in [0.1, 0.15) is 18.5 Å². The Hall–Kier alpha value is -2.93. The quantitative estimate of drug-likeness (QED) is 0.909. The van der Waals surface area contributed by atoms with Crippen LogP contribution in [0.3, 0.4) is 0 Å². The minimum Gasteiger partial charge on any atom is -0.307 e. The number of nitrogens with one attached hydrogen (secondary N) is 1. The number of hydrogen-bond donors (Lipinski definition) is 1. The van der Waals surface area contributed by atoms with E-state index < -0.39 is 6.04 Å². The third kappa shape index (κ3) is 2.90. The van der Waals surface area contributed by atoms with Crippen LogP contribution in [0.4, 0.5) is 5.82 Å². The van der Waals surface area contributed by atoms with Gasteiger partial charge in [-0.05, 0) is 24.6 Å². The molecule has 3 heterocycles. The lowest BCUT2D eigenvalue weighted by atomic mass is 9.94. The number of nitrogens with zero attached hydrogens (tertiary/aromatic N) is 3. The molecule has 1 atom stereocenters. The molecule has 1 saturated heterocycles. The summed E-state index contributed by atoms with van der Waals surface area (Å²) >= 11 is 1.40. The van der Waals surface area contributed by atoms with Gasteiger partial charge >= 0.3 is 0 Å². The predicted molar refractivity (Wildman–Crippen MR) is 101 cm³/mol. The van der Waals surface area contributed by atoms with Crippen molar-refractivity contribution in [3.8, 4) is 0 Å². The van der Waals surface area contributed by atoms with Crippen LogP contribution in [0.2, 0.25) is 0 Å². The normalized spacial score (nSPS) is 19.3. The maximum atomic E-state index is 13.0. The molecule has 2 aliphatic heterocycles. The first kappa shape index (κ1) is 16.5. The van der Waals surface area contributed by atoms with Gasteiger partial charge in [-0.15, -0.1) is 0 Å². The average Bonchev–Trinajstić information content (AvgIpc) is 3.02. The van der Waals surface area contributed by atoms with Crippen molar-refractivity contribution >= 4 is 34.6 Å². The maximum absolute atomic E-state index is 13.0. The number of anilines is 1. The second-order valence-electron chi connectivity index (χ2n) is 5.93. The summed E-state index contributed by atoms with van der Waals surface area (Å²) in [4.78, 5) is 35.8. The second-order valence-corrected chi connectivity index (χ2v) is 6.87. The third-order valence-electron chi connectivity index (χ3n) is 4.25. The molecule has 1 N–H and O–H groups in total. The monoisotopic (exact) mass is 364 g/mol. The van der Waals surface area contributed by atoms with E-state index in [1.165, 1.54) is 11.8 Å². The zero-order chi connectivity index (χ0) is 18.1. The summed E-state index contributed by atoms with van der Waals surface area (Å²) in [7, 11) is 0. The van der Waals surface area contributed by atoms with Crippen LogP contribution in [0.5, 0.6) is 0 Å². The first-order valence-corrected chi connectivity index (χ1v) is 9.15. The number of rotatable bonds is 3. The highest BCUT2D eigenvalue weighted by molar-refractivity contribution is 8.15. The van der Waals surface area contributed by atoms with Crippen LogP contribution in [0.25, 0.3) is 0 Å². The van der Waals surface area contributed by atoms with Crippen LogP contribution < -0.4 is 5.32 Å². The van der Waals surface area contributed by atoms with Crippen molar-refractivity contribution in [2.75, 3.05) is 11.1 Å². The number of benzene rings is 1. The van der Waals surface area contributed by atoms with Gasteiger partial charge in [-0.1, -0.05) is 48.2 Å². The highest BCUT2D eigenvalue weighted by atomic mass is 32.2. The van der Waals surface area contributed by atoms with Gasteiger partial charge < -0.3 is 5.32 Å². The minimum atomic E-state index is -0.491. The minimum absolute atomic E-state index is 0.0433. The Morgan fingerprint density at radius 2 is 1.96 bits per heavy atom. The zero-order valence-electron chi connectivity index (χ0n) is 14.0. The fourth-order valence-electron chi connectivity index (χ4n) is 3.10. The van der Waals surface area contributed by atoms with Crippen LogP contribution in [0.15, 0.2) is 71.0 Å². The van der Waals surface area contributed by atoms with Crippen molar-refractivity contribution in [3.05, 3.63) is 71.6 Å². The lowest BCUT2D eigenvalue weighted by Gasteiger charge is -2.33. The topological polar surface area (TPSA) is 74.7 Å². The molecule has 130 valence electrons. The van der Waals surface area contributed by atoms with Gasteiger partial charge in [0.1, 0.15) is 5.82 Å². The molecule has 0 spiro atoms. The number of aliphatic imine (C=N–C) groups is 1. The zero-order valence-corrected chi connectivity index (χ0v) is 14.9. The molecule has 1 aromatic heterocycles. The highest BCUT2D eigenvalue weighted by Gasteiger charge is 2.42. The maximum Gasteiger partial charge on any atom is 0.257 e. The molecule has 1 fully saturated rings. The van der Waals surface area contributed by atoms with Crippen molar-refractivity contribution in [2.24, 2.45) is 4.99 Å². The summed E-state index contributed by atoms with van der Waals surface area (Å²) in [5.74, 6) is 0.451. The molecule has 26 heavy (non-hydrogen) atoms. The lowest BCUT2D eigenvalue weighted by Crippen LogP contribution is -2.40. The summed E-state index contributed by atoms with van der Waals surface area (Å²) in [6.07, 6.45) is 1.61. The summed E-state index contributed by atoms with van der Waals surface area (Å²) in [6.45, 7) is 1.80. The molecule has 1 aromatic carbocycles. The predicted octanol–water partition coefficient (Wildman–Crippen LogP) is 2.98. The molecule has 0 bridgehead atoms. The van der Waals surface area contributed by atoms with E-state index in [1.54, 1.807) is 36.2 Å². The van der Waals surface area contributed by atoms with Crippen molar-refractivity contribution < 1.29 is 9.59 Å². The Kier molecular flexibility index (Phi) is 4.30. The molecular weight excluding hydrogens is 348 g/mol. The molecule has 7 heteroatoms. The van der Waals surface area contributed by atoms with E-state index in [2.05, 4.69) is 15.3 Å². The Morgan fingerprint density at radius 3 is 2.69 bits per heavy atom. The molecule has 2 amide bonds. The summed E-state index contributed by atoms with van der Waals surface area (Å²) in [5.41, 5.74) is 1.95. The largest absolute Gasteiger partial charge is 0.307 e. The number of amidine groups is 1. The fraction of sp³-hybridized carbons (Fsp3) is 0.158. The van der Waals surface area contributed by atoms with E-state index in [9.17, 15) is 9.59 Å². The molecule has 0 aliphatic carbocycles. The van der Waals surface area contributed by atoms with Gasteiger partial charge in [0.2, 0.25) is 5.91 Å².